The van der Waals surface area contributed by atoms with Gasteiger partial charge in [0.05, 0.1) is 25.2 Å². The smallest absolute Gasteiger partial charge is 0.226 e. The van der Waals surface area contributed by atoms with Gasteiger partial charge in [-0.1, -0.05) is 13.8 Å². The average Bonchev–Trinajstić information content (AvgIpc) is 3.52. The lowest BCUT2D eigenvalue weighted by Gasteiger charge is -2.34. The van der Waals surface area contributed by atoms with E-state index in [-0.39, 0.29) is 48.2 Å². The van der Waals surface area contributed by atoms with Crippen molar-refractivity contribution in [2.75, 3.05) is 5.32 Å². The topological polar surface area (TPSA) is 163 Å². The van der Waals surface area contributed by atoms with Crippen LogP contribution in [0.1, 0.15) is 51.7 Å². The van der Waals surface area contributed by atoms with Gasteiger partial charge < -0.3 is 19.8 Å². The maximum atomic E-state index is 12.2. The predicted octanol–water partition coefficient (Wildman–Crippen LogP) is 2.60. The first kappa shape index (κ1) is 25.5. The first-order valence-electron chi connectivity index (χ1n) is 12.2. The van der Waals surface area contributed by atoms with Crippen LogP contribution < -0.4 is 10.6 Å². The highest BCUT2D eigenvalue weighted by Crippen LogP contribution is 2.34. The molecule has 2 fully saturated rings. The highest BCUT2D eigenvalue weighted by atomic mass is 16.3. The second-order valence-corrected chi connectivity index (χ2v) is 9.79. The molecule has 0 radical (unpaired) electrons. The molecule has 5 rings (SSSR count). The second-order valence-electron chi connectivity index (χ2n) is 9.79. The Bertz CT molecular complexity index is 1180. The van der Waals surface area contributed by atoms with Crippen molar-refractivity contribution in [3.63, 3.8) is 0 Å². The van der Waals surface area contributed by atoms with Crippen LogP contribution >= 0.6 is 0 Å². The minimum Gasteiger partial charge on any atom is -0.467 e. The van der Waals surface area contributed by atoms with Gasteiger partial charge in [-0.2, -0.15) is 0 Å². The third-order valence-corrected chi connectivity index (χ3v) is 6.76. The van der Waals surface area contributed by atoms with Crippen molar-refractivity contribution < 1.29 is 23.9 Å². The fraction of sp³-hybridized carbons (Fsp3) is 0.520. The number of furan rings is 1. The second kappa shape index (κ2) is 11.4. The molecule has 1 saturated carbocycles. The molecule has 1 saturated heterocycles. The summed E-state index contributed by atoms with van der Waals surface area (Å²) in [6.45, 7) is 4.59. The highest BCUT2D eigenvalue weighted by Gasteiger charge is 2.38. The number of aromatic amines is 1. The molecule has 4 N–H and O–H groups in total. The van der Waals surface area contributed by atoms with Gasteiger partial charge in [0.25, 0.3) is 0 Å². The van der Waals surface area contributed by atoms with Crippen LogP contribution in [0.25, 0.3) is 11.2 Å². The number of ketones is 1. The summed E-state index contributed by atoms with van der Waals surface area (Å²) < 4.78 is 5.22. The molecule has 2 amide bonds. The van der Waals surface area contributed by atoms with Crippen LogP contribution in [0.4, 0.5) is 5.82 Å². The van der Waals surface area contributed by atoms with E-state index in [1.54, 1.807) is 12.6 Å². The number of nitrogens with zero attached hydrogens (tertiary/aromatic N) is 3. The third kappa shape index (κ3) is 6.34. The van der Waals surface area contributed by atoms with Gasteiger partial charge in [0.1, 0.15) is 23.4 Å². The first-order valence-corrected chi connectivity index (χ1v) is 12.2. The predicted molar refractivity (Wildman–Crippen MR) is 130 cm³/mol. The van der Waals surface area contributed by atoms with Crippen molar-refractivity contribution in [2.24, 2.45) is 23.7 Å². The van der Waals surface area contributed by atoms with Crippen molar-refractivity contribution in [2.45, 2.75) is 58.6 Å². The van der Waals surface area contributed by atoms with Gasteiger partial charge in [0.15, 0.2) is 11.5 Å². The molecule has 4 atom stereocenters. The number of amides is 2. The number of carbonyl (C=O) groups excluding carboxylic acids is 3. The van der Waals surface area contributed by atoms with E-state index in [2.05, 4.69) is 37.5 Å². The van der Waals surface area contributed by atoms with E-state index in [1.165, 1.54) is 6.33 Å². The number of Topliss-reactive ketones (excluding diaryl/α,β-unsaturated/α-hetero) is 1. The Labute approximate surface area is 208 Å². The zero-order chi connectivity index (χ0) is 25.7. The summed E-state index contributed by atoms with van der Waals surface area (Å²) in [6, 6.07) is 3.75. The molecule has 11 nitrogen and oxygen atoms in total. The van der Waals surface area contributed by atoms with Gasteiger partial charge >= 0.3 is 0 Å². The number of H-pyrrole nitrogens is 1. The maximum Gasteiger partial charge on any atom is 0.226 e. The van der Waals surface area contributed by atoms with E-state index in [0.717, 1.165) is 23.5 Å². The summed E-state index contributed by atoms with van der Waals surface area (Å²) in [4.78, 5) is 50.1. The molecule has 4 heterocycles. The molecule has 1 aliphatic heterocycles. The van der Waals surface area contributed by atoms with Gasteiger partial charge in [-0.05, 0) is 43.2 Å². The lowest BCUT2D eigenvalue weighted by Crippen LogP contribution is -2.42. The fourth-order valence-electron chi connectivity index (χ4n) is 5.09. The standard InChI is InChI=1S/C15H23NO4.C10H9N5O/c1-8-3-9(2)15(20)11(4-8)12(17)5-10-6-13(18)16-14(19)7-10;1-2-7(16-3-1)4-11-9-8-10(13-5-12-8)15-6-14-9/h8-12,17H,3-7H2,1-2H3,(H,16,18,19);1-3,5-6H,4H2,(H2,11,12,13,14,15)/t8-,9-,11-,12+;/m0./s1. The molecule has 0 aromatic carbocycles. The Balaban J connectivity index is 0.000000173. The number of nitrogens with one attached hydrogen (secondary N) is 3. The molecular weight excluding hydrogens is 464 g/mol. The van der Waals surface area contributed by atoms with Gasteiger partial charge in [-0.3, -0.25) is 19.7 Å². The molecule has 1 aliphatic carbocycles. The number of rotatable bonds is 6. The number of aliphatic hydroxyl groups excluding tert-OH is 1. The summed E-state index contributed by atoms with van der Waals surface area (Å²) in [5.74, 6) is 1.08. The lowest BCUT2D eigenvalue weighted by atomic mass is 9.71. The molecule has 0 spiro atoms. The highest BCUT2D eigenvalue weighted by molar-refractivity contribution is 5.97. The molecule has 2 aliphatic rings. The number of imide groups is 1. The molecule has 0 unspecified atom stereocenters. The minimum absolute atomic E-state index is 0.00492. The maximum absolute atomic E-state index is 12.2. The number of hydrogen-bond donors (Lipinski definition) is 4. The van der Waals surface area contributed by atoms with E-state index in [4.69, 9.17) is 4.42 Å². The number of carbonyl (C=O) groups is 3. The van der Waals surface area contributed by atoms with Gasteiger partial charge in [0, 0.05) is 24.7 Å². The third-order valence-electron chi connectivity index (χ3n) is 6.76. The largest absolute Gasteiger partial charge is 0.467 e. The number of hydrogen-bond acceptors (Lipinski definition) is 9. The summed E-state index contributed by atoms with van der Waals surface area (Å²) in [5, 5.41) is 15.8. The summed E-state index contributed by atoms with van der Waals surface area (Å²) >= 11 is 0. The quantitative estimate of drug-likeness (QED) is 0.376. The molecule has 3 aromatic rings. The molecule has 192 valence electrons. The molecule has 0 bridgehead atoms. The first-order chi connectivity index (χ1) is 17.3. The average molecular weight is 497 g/mol. The van der Waals surface area contributed by atoms with Crippen molar-refractivity contribution in [1.82, 2.24) is 25.3 Å². The van der Waals surface area contributed by atoms with Crippen LogP contribution in [0.2, 0.25) is 0 Å². The number of imidazole rings is 1. The van der Waals surface area contributed by atoms with Crippen molar-refractivity contribution in [1.29, 1.82) is 0 Å². The monoisotopic (exact) mass is 496 g/mol. The van der Waals surface area contributed by atoms with Crippen molar-refractivity contribution >= 4 is 34.6 Å². The molecular formula is C25H32N6O5. The summed E-state index contributed by atoms with van der Waals surface area (Å²) in [5.41, 5.74) is 1.45. The fourth-order valence-corrected chi connectivity index (χ4v) is 5.09. The van der Waals surface area contributed by atoms with Crippen molar-refractivity contribution in [3.05, 3.63) is 36.8 Å². The number of aromatic nitrogens is 4. The van der Waals surface area contributed by atoms with Crippen LogP contribution in [-0.2, 0) is 20.9 Å². The Morgan fingerprint density at radius 2 is 1.92 bits per heavy atom. The van der Waals surface area contributed by atoms with Crippen LogP contribution in [-0.4, -0.2) is 48.7 Å². The van der Waals surface area contributed by atoms with E-state index in [1.807, 2.05) is 19.1 Å². The van der Waals surface area contributed by atoms with Crippen molar-refractivity contribution in [3.8, 4) is 0 Å². The normalized spacial score (nSPS) is 23.6. The Kier molecular flexibility index (Phi) is 8.09. The van der Waals surface area contributed by atoms with Crippen LogP contribution in [0, 0.1) is 23.7 Å². The summed E-state index contributed by atoms with van der Waals surface area (Å²) in [6.07, 6.45) is 6.44. The number of fused-ring (bicyclic) bond motifs is 1. The lowest BCUT2D eigenvalue weighted by molar-refractivity contribution is -0.136. The van der Waals surface area contributed by atoms with E-state index < -0.39 is 6.10 Å². The Hall–Kier alpha value is -3.60. The molecule has 11 heteroatoms. The Morgan fingerprint density at radius 1 is 1.14 bits per heavy atom. The SMILES string of the molecule is C[C@@H]1C[C@@H]([C@H](O)CC2CC(=O)NC(=O)C2)C(=O)[C@@H](C)C1.c1coc(CNc2ncnc3nc[nH]c23)c1. The van der Waals surface area contributed by atoms with Gasteiger partial charge in [0.2, 0.25) is 11.8 Å². The zero-order valence-corrected chi connectivity index (χ0v) is 20.4. The molecule has 3 aromatic heterocycles. The number of aliphatic hydroxyl groups is 1. The van der Waals surface area contributed by atoms with Crippen LogP contribution in [0.15, 0.2) is 35.5 Å². The minimum atomic E-state index is -0.739. The van der Waals surface area contributed by atoms with Gasteiger partial charge in [-0.15, -0.1) is 0 Å². The van der Waals surface area contributed by atoms with Gasteiger partial charge in [-0.25, -0.2) is 15.0 Å². The van der Waals surface area contributed by atoms with E-state index in [9.17, 15) is 19.5 Å². The van der Waals surface area contributed by atoms with Crippen LogP contribution in [0.3, 0.4) is 0 Å². The van der Waals surface area contributed by atoms with E-state index in [0.29, 0.717) is 31.0 Å². The zero-order valence-electron chi connectivity index (χ0n) is 20.4. The number of anilines is 1. The molecule has 36 heavy (non-hydrogen) atoms. The number of piperidine rings is 1. The van der Waals surface area contributed by atoms with Crippen LogP contribution in [0.5, 0.6) is 0 Å². The summed E-state index contributed by atoms with van der Waals surface area (Å²) in [7, 11) is 0. The Morgan fingerprint density at radius 3 is 2.64 bits per heavy atom. The van der Waals surface area contributed by atoms with E-state index >= 15 is 0 Å².